The molecule has 0 bridgehead atoms. The fraction of sp³-hybridized carbons (Fsp3) is 0.500. The molecule has 10 heteroatoms. The van der Waals surface area contributed by atoms with Crippen LogP contribution < -0.4 is 24.8 Å². The van der Waals surface area contributed by atoms with Crippen molar-refractivity contribution in [2.24, 2.45) is 5.92 Å². The van der Waals surface area contributed by atoms with Crippen molar-refractivity contribution >= 4 is 17.6 Å². The number of aliphatic hydroxyl groups excluding tert-OH is 1. The summed E-state index contributed by atoms with van der Waals surface area (Å²) in [6, 6.07) is 10.3. The molecule has 10 nitrogen and oxygen atoms in total. The number of fused-ring (bicyclic) bond motifs is 2. The molecule has 2 aromatic carbocycles. The zero-order chi connectivity index (χ0) is 27.4. The van der Waals surface area contributed by atoms with Crippen LogP contribution in [0.25, 0.3) is 0 Å². The van der Waals surface area contributed by atoms with Gasteiger partial charge in [-0.2, -0.15) is 0 Å². The molecule has 206 valence electrons. The number of benzene rings is 2. The SMILES string of the molecule is CC(C)NC(=O)Nc1ccc2c(c1)C(=O)N([C@@H](C)CO)C[C@H](C)[C@@H](CN(C)Cc1ccc3c(c1)OCO3)O2. The highest BCUT2D eigenvalue weighted by molar-refractivity contribution is 5.99. The van der Waals surface area contributed by atoms with E-state index in [-0.39, 0.29) is 49.4 Å². The van der Waals surface area contributed by atoms with E-state index in [0.29, 0.717) is 36.6 Å². The van der Waals surface area contributed by atoms with Gasteiger partial charge in [0.05, 0.1) is 18.2 Å². The zero-order valence-corrected chi connectivity index (χ0v) is 22.7. The van der Waals surface area contributed by atoms with Crippen LogP contribution in [0.3, 0.4) is 0 Å². The summed E-state index contributed by atoms with van der Waals surface area (Å²) in [4.78, 5) is 29.7. The van der Waals surface area contributed by atoms with Crippen molar-refractivity contribution in [3.05, 3.63) is 47.5 Å². The van der Waals surface area contributed by atoms with Gasteiger partial charge in [-0.05, 0) is 63.7 Å². The van der Waals surface area contributed by atoms with Crippen molar-refractivity contribution < 1.29 is 28.9 Å². The number of aliphatic hydroxyl groups is 1. The molecule has 0 saturated heterocycles. The van der Waals surface area contributed by atoms with Crippen molar-refractivity contribution in [2.75, 3.05) is 38.9 Å². The van der Waals surface area contributed by atoms with Gasteiger partial charge in [0.1, 0.15) is 11.9 Å². The van der Waals surface area contributed by atoms with Crippen molar-refractivity contribution in [3.8, 4) is 17.2 Å². The van der Waals surface area contributed by atoms with Crippen LogP contribution in [0.2, 0.25) is 0 Å². The minimum absolute atomic E-state index is 0.00470. The molecule has 3 amide bonds. The van der Waals surface area contributed by atoms with Gasteiger partial charge in [-0.15, -0.1) is 0 Å². The van der Waals surface area contributed by atoms with Gasteiger partial charge in [-0.1, -0.05) is 13.0 Å². The molecule has 0 unspecified atom stereocenters. The van der Waals surface area contributed by atoms with Crippen LogP contribution in [0.4, 0.5) is 10.5 Å². The predicted molar refractivity (Wildman–Crippen MR) is 144 cm³/mol. The second-order valence-corrected chi connectivity index (χ2v) is 10.5. The lowest BCUT2D eigenvalue weighted by molar-refractivity contribution is 0.0341. The van der Waals surface area contributed by atoms with E-state index in [1.165, 1.54) is 0 Å². The van der Waals surface area contributed by atoms with Crippen LogP contribution in [0.15, 0.2) is 36.4 Å². The molecule has 4 rings (SSSR count). The van der Waals surface area contributed by atoms with E-state index in [2.05, 4.69) is 22.5 Å². The van der Waals surface area contributed by atoms with E-state index in [9.17, 15) is 14.7 Å². The number of hydrogen-bond donors (Lipinski definition) is 3. The Balaban J connectivity index is 1.55. The van der Waals surface area contributed by atoms with E-state index >= 15 is 0 Å². The molecule has 2 heterocycles. The van der Waals surface area contributed by atoms with Gasteiger partial charge in [-0.3, -0.25) is 9.69 Å². The molecule has 3 N–H and O–H groups in total. The Hall–Kier alpha value is -3.50. The maximum absolute atomic E-state index is 13.6. The number of carbonyl (C=O) groups is 2. The highest BCUT2D eigenvalue weighted by atomic mass is 16.7. The van der Waals surface area contributed by atoms with Crippen molar-refractivity contribution in [2.45, 2.75) is 52.4 Å². The molecule has 0 radical (unpaired) electrons. The topological polar surface area (TPSA) is 113 Å². The minimum Gasteiger partial charge on any atom is -0.488 e. The Kier molecular flexibility index (Phi) is 8.63. The normalized spacial score (nSPS) is 19.5. The standard InChI is InChI=1S/C28H38N4O6/c1-17(2)29-28(35)30-21-7-9-23-22(11-21)27(34)32(19(4)15-33)12-18(3)26(38-23)14-31(5)13-20-6-8-24-25(10-20)37-16-36-24/h6-11,17-19,26,33H,12-16H2,1-5H3,(H2,29,30,35)/t18-,19-,26+/m0/s1. The summed E-state index contributed by atoms with van der Waals surface area (Å²) in [5.41, 5.74) is 1.93. The Morgan fingerprint density at radius 2 is 1.87 bits per heavy atom. The number of nitrogens with zero attached hydrogens (tertiary/aromatic N) is 2. The highest BCUT2D eigenvalue weighted by Crippen LogP contribution is 2.33. The lowest BCUT2D eigenvalue weighted by Gasteiger charge is -2.38. The first-order valence-electron chi connectivity index (χ1n) is 13.0. The van der Waals surface area contributed by atoms with Gasteiger partial charge in [0, 0.05) is 37.3 Å². The maximum atomic E-state index is 13.6. The Morgan fingerprint density at radius 3 is 2.61 bits per heavy atom. The summed E-state index contributed by atoms with van der Waals surface area (Å²) >= 11 is 0. The number of ether oxygens (including phenoxy) is 3. The fourth-order valence-electron chi connectivity index (χ4n) is 4.67. The first kappa shape index (κ1) is 27.5. The van der Waals surface area contributed by atoms with E-state index in [1.54, 1.807) is 23.1 Å². The number of hydrogen-bond acceptors (Lipinski definition) is 7. The molecule has 0 aromatic heterocycles. The first-order valence-corrected chi connectivity index (χ1v) is 13.0. The van der Waals surface area contributed by atoms with Gasteiger partial charge >= 0.3 is 6.03 Å². The zero-order valence-electron chi connectivity index (χ0n) is 22.7. The van der Waals surface area contributed by atoms with Crippen LogP contribution in [0.5, 0.6) is 17.2 Å². The van der Waals surface area contributed by atoms with Gasteiger partial charge in [-0.25, -0.2) is 4.79 Å². The average Bonchev–Trinajstić information content (AvgIpc) is 3.33. The summed E-state index contributed by atoms with van der Waals surface area (Å²) in [6.07, 6.45) is -0.225. The smallest absolute Gasteiger partial charge is 0.319 e. The Labute approximate surface area is 223 Å². The summed E-state index contributed by atoms with van der Waals surface area (Å²) in [6.45, 7) is 9.43. The Morgan fingerprint density at radius 1 is 1.13 bits per heavy atom. The number of amides is 3. The van der Waals surface area contributed by atoms with E-state index in [0.717, 1.165) is 17.1 Å². The largest absolute Gasteiger partial charge is 0.488 e. The number of likely N-dealkylation sites (N-methyl/N-ethyl adjacent to an activating group) is 1. The lowest BCUT2D eigenvalue weighted by Crippen LogP contribution is -2.49. The van der Waals surface area contributed by atoms with E-state index in [1.807, 2.05) is 46.0 Å². The molecular weight excluding hydrogens is 488 g/mol. The minimum atomic E-state index is -0.372. The molecule has 2 aromatic rings. The summed E-state index contributed by atoms with van der Waals surface area (Å²) in [5, 5.41) is 15.4. The molecule has 0 fully saturated rings. The summed E-state index contributed by atoms with van der Waals surface area (Å²) < 4.78 is 17.4. The van der Waals surface area contributed by atoms with Crippen molar-refractivity contribution in [1.29, 1.82) is 0 Å². The molecule has 2 aliphatic heterocycles. The number of anilines is 1. The molecule has 2 aliphatic rings. The van der Waals surface area contributed by atoms with E-state index < -0.39 is 0 Å². The monoisotopic (exact) mass is 526 g/mol. The number of rotatable bonds is 8. The highest BCUT2D eigenvalue weighted by Gasteiger charge is 2.33. The van der Waals surface area contributed by atoms with Gasteiger partial charge in [0.2, 0.25) is 6.79 Å². The van der Waals surface area contributed by atoms with Gasteiger partial charge in [0.15, 0.2) is 11.5 Å². The lowest BCUT2D eigenvalue weighted by atomic mass is 9.99. The van der Waals surface area contributed by atoms with Gasteiger partial charge < -0.3 is 34.9 Å². The third kappa shape index (κ3) is 6.49. The van der Waals surface area contributed by atoms with Crippen LogP contribution in [0.1, 0.15) is 43.6 Å². The Bertz CT molecular complexity index is 1160. The maximum Gasteiger partial charge on any atom is 0.319 e. The molecule has 0 saturated carbocycles. The number of nitrogens with one attached hydrogen (secondary N) is 2. The van der Waals surface area contributed by atoms with Crippen LogP contribution in [-0.2, 0) is 6.54 Å². The third-order valence-corrected chi connectivity index (χ3v) is 6.72. The quantitative estimate of drug-likeness (QED) is 0.484. The number of carbonyl (C=O) groups excluding carboxylic acids is 2. The molecule has 3 atom stereocenters. The molecule has 38 heavy (non-hydrogen) atoms. The van der Waals surface area contributed by atoms with Crippen LogP contribution in [0, 0.1) is 5.92 Å². The predicted octanol–water partition coefficient (Wildman–Crippen LogP) is 3.30. The first-order chi connectivity index (χ1) is 18.1. The van der Waals surface area contributed by atoms with Crippen molar-refractivity contribution in [1.82, 2.24) is 15.1 Å². The average molecular weight is 527 g/mol. The third-order valence-electron chi connectivity index (χ3n) is 6.72. The van der Waals surface area contributed by atoms with Gasteiger partial charge in [0.25, 0.3) is 5.91 Å². The summed E-state index contributed by atoms with van der Waals surface area (Å²) in [5.74, 6) is 1.71. The summed E-state index contributed by atoms with van der Waals surface area (Å²) in [7, 11) is 2.03. The van der Waals surface area contributed by atoms with Crippen LogP contribution in [-0.4, -0.2) is 78.6 Å². The second kappa shape index (κ2) is 11.9. The van der Waals surface area contributed by atoms with Crippen LogP contribution >= 0.6 is 0 Å². The molecular formula is C28H38N4O6. The second-order valence-electron chi connectivity index (χ2n) is 10.5. The number of urea groups is 1. The fourth-order valence-corrected chi connectivity index (χ4v) is 4.67. The molecule has 0 spiro atoms. The molecule has 0 aliphatic carbocycles. The van der Waals surface area contributed by atoms with Crippen molar-refractivity contribution in [3.63, 3.8) is 0 Å². The van der Waals surface area contributed by atoms with E-state index in [4.69, 9.17) is 14.2 Å².